The van der Waals surface area contributed by atoms with Crippen molar-refractivity contribution in [2.24, 2.45) is 22.2 Å². The summed E-state index contributed by atoms with van der Waals surface area (Å²) in [7, 11) is 0. The fraction of sp³-hybridized carbons (Fsp3) is 0.426. The molecule has 0 aromatic heterocycles. The number of nitrogens with zero attached hydrogens (tertiary/aromatic N) is 3. The molecule has 1 aliphatic heterocycles. The smallest absolute Gasteiger partial charge is 0.420 e. The monoisotopic (exact) mass is 896 g/mol. The molecule has 0 radical (unpaired) electrons. The van der Waals surface area contributed by atoms with Crippen LogP contribution < -0.4 is 27.8 Å². The number of rotatable bonds is 14. The van der Waals surface area contributed by atoms with Crippen LogP contribution in [-0.4, -0.2) is 111 Å². The number of imide groups is 1. The van der Waals surface area contributed by atoms with E-state index in [4.69, 9.17) is 26.7 Å². The molecular weight excluding hydrogens is 837 g/mol. The van der Waals surface area contributed by atoms with Gasteiger partial charge in [-0.2, -0.15) is 0 Å². The topological polar surface area (TPSA) is 242 Å². The van der Waals surface area contributed by atoms with Gasteiger partial charge in [0.15, 0.2) is 11.7 Å². The first-order chi connectivity index (χ1) is 30.2. The van der Waals surface area contributed by atoms with Crippen molar-refractivity contribution in [1.82, 2.24) is 20.4 Å². The van der Waals surface area contributed by atoms with Crippen molar-refractivity contribution in [2.45, 2.75) is 103 Å². The number of carbonyl (C=O) groups excluding carboxylic acids is 6. The van der Waals surface area contributed by atoms with Gasteiger partial charge < -0.3 is 42.2 Å². The Morgan fingerprint density at radius 1 is 0.828 bits per heavy atom. The van der Waals surface area contributed by atoms with Crippen molar-refractivity contribution in [2.75, 3.05) is 24.6 Å². The van der Waals surface area contributed by atoms with E-state index in [1.54, 1.807) is 41.5 Å². The molecule has 64 heavy (non-hydrogen) atoms. The van der Waals surface area contributed by atoms with Gasteiger partial charge in [0.05, 0.1) is 11.8 Å². The molecule has 342 valence electrons. The third kappa shape index (κ3) is 13.4. The number of nitrogens with one attached hydrogen (secondary N) is 2. The van der Waals surface area contributed by atoms with Gasteiger partial charge in [0.1, 0.15) is 29.3 Å². The molecule has 4 aromatic rings. The number of nitrogens with two attached hydrogens (primary N) is 3. The zero-order chi connectivity index (χ0) is 46.8. The highest BCUT2D eigenvalue weighted by molar-refractivity contribution is 8.00. The zero-order valence-corrected chi connectivity index (χ0v) is 38.1. The van der Waals surface area contributed by atoms with Gasteiger partial charge in [0.2, 0.25) is 17.7 Å². The predicted octanol–water partition coefficient (Wildman–Crippen LogP) is 4.77. The Morgan fingerprint density at radius 2 is 1.38 bits per heavy atom. The highest BCUT2D eigenvalue weighted by Gasteiger charge is 2.44. The minimum Gasteiger partial charge on any atom is -0.443 e. The fourth-order valence-corrected chi connectivity index (χ4v) is 8.41. The number of aliphatic imine (C=N–C) groups is 1. The average Bonchev–Trinajstić information content (AvgIpc) is 3.21. The Hall–Kier alpha value is -6.20. The average molecular weight is 897 g/mol. The second-order valence-electron chi connectivity index (χ2n) is 17.7. The number of hydrogen-bond acceptors (Lipinski definition) is 11. The summed E-state index contributed by atoms with van der Waals surface area (Å²) in [5.41, 5.74) is 16.7. The summed E-state index contributed by atoms with van der Waals surface area (Å²) in [4.78, 5) is 92.0. The van der Waals surface area contributed by atoms with Crippen molar-refractivity contribution < 1.29 is 38.2 Å². The van der Waals surface area contributed by atoms with Crippen molar-refractivity contribution >= 4 is 75.0 Å². The van der Waals surface area contributed by atoms with Crippen LogP contribution in [0, 0.1) is 0 Å². The van der Waals surface area contributed by atoms with Gasteiger partial charge in [-0.3, -0.25) is 24.2 Å². The number of amides is 5. The number of ketones is 1. The summed E-state index contributed by atoms with van der Waals surface area (Å²) in [6.07, 6.45) is -2.50. The standard InChI is InChI=1S/C47H60N8O8S/c1-46(2,3)62-44(60)55(45(61)63-47(4,5)6)37(22-13-23-51-43(49)50)40(57)35-26-54(38(41(48)58)24-31-18-11-16-29-14-7-9-20-33(29)31)39(56)28-64-27-36(42(59)53-35)52-25-32-19-12-17-30-15-8-10-21-34(30)32/h7-12,14-21,35-38,52H,13,22-28H2,1-6H3,(H2,48,58)(H,53,59)(H4,49,50,51)/t35?,36?,37-,38?/m0/s1. The lowest BCUT2D eigenvalue weighted by Crippen LogP contribution is -2.63. The first-order valence-corrected chi connectivity index (χ1v) is 22.4. The van der Waals surface area contributed by atoms with E-state index in [1.807, 2.05) is 84.9 Å². The number of guanidine groups is 1. The van der Waals surface area contributed by atoms with Gasteiger partial charge in [0.25, 0.3) is 0 Å². The van der Waals surface area contributed by atoms with Crippen LogP contribution in [0.4, 0.5) is 9.59 Å². The summed E-state index contributed by atoms with van der Waals surface area (Å²) in [6.45, 7) is 9.33. The van der Waals surface area contributed by atoms with Gasteiger partial charge in [-0.05, 0) is 87.1 Å². The van der Waals surface area contributed by atoms with Crippen LogP contribution in [0.3, 0.4) is 0 Å². The second-order valence-corrected chi connectivity index (χ2v) is 18.7. The third-order valence-corrected chi connectivity index (χ3v) is 11.4. The largest absolute Gasteiger partial charge is 0.443 e. The fourth-order valence-electron chi connectivity index (χ4n) is 7.45. The molecule has 1 heterocycles. The summed E-state index contributed by atoms with van der Waals surface area (Å²) in [5, 5.41) is 9.93. The predicted molar refractivity (Wildman–Crippen MR) is 249 cm³/mol. The molecule has 0 aliphatic carbocycles. The third-order valence-electron chi connectivity index (χ3n) is 10.4. The molecule has 8 N–H and O–H groups in total. The summed E-state index contributed by atoms with van der Waals surface area (Å²) in [6, 6.07) is 21.4. The molecule has 0 bridgehead atoms. The molecular formula is C47H60N8O8S. The molecule has 1 saturated heterocycles. The van der Waals surface area contributed by atoms with E-state index < -0.39 is 77.6 Å². The highest BCUT2D eigenvalue weighted by Crippen LogP contribution is 2.26. The summed E-state index contributed by atoms with van der Waals surface area (Å²) in [5.74, 6) is -3.07. The minimum absolute atomic E-state index is 0.0103. The Morgan fingerprint density at radius 3 is 1.94 bits per heavy atom. The second kappa shape index (κ2) is 21.5. The number of hydrogen-bond donors (Lipinski definition) is 5. The van der Waals surface area contributed by atoms with Crippen LogP contribution in [0.1, 0.15) is 65.5 Å². The van der Waals surface area contributed by atoms with E-state index in [9.17, 15) is 24.0 Å². The van der Waals surface area contributed by atoms with Crippen molar-refractivity contribution in [1.29, 1.82) is 0 Å². The van der Waals surface area contributed by atoms with E-state index in [1.165, 1.54) is 16.7 Å². The molecule has 1 fully saturated rings. The lowest BCUT2D eigenvalue weighted by atomic mass is 9.95. The number of Topliss-reactive ketones (excluding diaryl/α,β-unsaturated/α-hetero) is 1. The lowest BCUT2D eigenvalue weighted by molar-refractivity contribution is -0.140. The maximum absolute atomic E-state index is 15.4. The van der Waals surface area contributed by atoms with E-state index >= 15 is 4.79 Å². The van der Waals surface area contributed by atoms with Crippen LogP contribution in [0.5, 0.6) is 0 Å². The number of carbonyl (C=O) groups is 6. The number of ether oxygens (including phenoxy) is 2. The van der Waals surface area contributed by atoms with E-state index in [0.29, 0.717) is 4.90 Å². The zero-order valence-electron chi connectivity index (χ0n) is 37.3. The maximum atomic E-state index is 15.4. The maximum Gasteiger partial charge on any atom is 0.420 e. The van der Waals surface area contributed by atoms with Crippen molar-refractivity contribution in [3.05, 3.63) is 96.1 Å². The molecule has 4 aromatic carbocycles. The van der Waals surface area contributed by atoms with Crippen molar-refractivity contribution in [3.63, 3.8) is 0 Å². The molecule has 4 atom stereocenters. The Balaban J connectivity index is 1.60. The van der Waals surface area contributed by atoms with E-state index in [-0.39, 0.29) is 49.8 Å². The molecule has 3 unspecified atom stereocenters. The molecule has 5 amide bonds. The Kier molecular flexibility index (Phi) is 16.4. The molecule has 0 spiro atoms. The molecule has 17 heteroatoms. The number of primary amides is 1. The van der Waals surface area contributed by atoms with E-state index in [0.717, 1.165) is 32.7 Å². The van der Waals surface area contributed by atoms with Crippen LogP contribution >= 0.6 is 11.8 Å². The molecule has 5 rings (SSSR count). The summed E-state index contributed by atoms with van der Waals surface area (Å²) < 4.78 is 11.3. The van der Waals surface area contributed by atoms with Crippen LogP contribution in [0.15, 0.2) is 89.9 Å². The normalized spacial score (nSPS) is 17.2. The molecule has 1 aliphatic rings. The Bertz CT molecular complexity index is 2340. The van der Waals surface area contributed by atoms with Gasteiger partial charge in [0, 0.05) is 31.8 Å². The van der Waals surface area contributed by atoms with Crippen LogP contribution in [0.25, 0.3) is 21.5 Å². The van der Waals surface area contributed by atoms with E-state index in [2.05, 4.69) is 15.6 Å². The Labute approximate surface area is 378 Å². The lowest BCUT2D eigenvalue weighted by Gasteiger charge is -2.37. The van der Waals surface area contributed by atoms with Crippen LogP contribution in [-0.2, 0) is 41.6 Å². The van der Waals surface area contributed by atoms with Crippen molar-refractivity contribution in [3.8, 4) is 0 Å². The highest BCUT2D eigenvalue weighted by atomic mass is 32.2. The van der Waals surface area contributed by atoms with Gasteiger partial charge in [-0.1, -0.05) is 84.9 Å². The van der Waals surface area contributed by atoms with Crippen LogP contribution in [0.2, 0.25) is 0 Å². The van der Waals surface area contributed by atoms with Gasteiger partial charge in [-0.25, -0.2) is 14.5 Å². The quantitative estimate of drug-likeness (QED) is 0.0654. The molecule has 16 nitrogen and oxygen atoms in total. The van der Waals surface area contributed by atoms with Gasteiger partial charge in [-0.15, -0.1) is 11.8 Å². The number of fused-ring (bicyclic) bond motifs is 2. The number of benzene rings is 4. The molecule has 0 saturated carbocycles. The summed E-state index contributed by atoms with van der Waals surface area (Å²) >= 11 is 1.19. The first kappa shape index (κ1) is 48.8. The first-order valence-electron chi connectivity index (χ1n) is 21.2. The number of thioether (sulfide) groups is 1. The minimum atomic E-state index is -1.65. The van der Waals surface area contributed by atoms with Gasteiger partial charge >= 0.3 is 12.2 Å². The SMILES string of the molecule is CC(C)(C)OC(=O)N(C(=O)OC(C)(C)C)[C@@H](CCCN=C(N)N)C(=O)C1CN(C(Cc2cccc3ccccc23)C(N)=O)C(=O)CSCC(NCc2cccc3ccccc23)C(=O)N1.